The van der Waals surface area contributed by atoms with Gasteiger partial charge in [-0.25, -0.2) is 0 Å². The SMILES string of the molecule is CNCCCOc1nc(N)nc(NC)c1N. The Kier molecular flexibility index (Phi) is 4.59. The van der Waals surface area contributed by atoms with Crippen LogP contribution in [0.3, 0.4) is 0 Å². The third kappa shape index (κ3) is 3.13. The Bertz CT molecular complexity index is 343. The van der Waals surface area contributed by atoms with E-state index in [4.69, 9.17) is 16.2 Å². The lowest BCUT2D eigenvalue weighted by Gasteiger charge is -2.11. The Balaban J connectivity index is 2.67. The van der Waals surface area contributed by atoms with E-state index in [1.165, 1.54) is 0 Å². The van der Waals surface area contributed by atoms with E-state index in [1.807, 2.05) is 7.05 Å². The van der Waals surface area contributed by atoms with Gasteiger partial charge < -0.3 is 26.8 Å². The molecule has 16 heavy (non-hydrogen) atoms. The lowest BCUT2D eigenvalue weighted by atomic mass is 10.4. The summed E-state index contributed by atoms with van der Waals surface area (Å²) in [5.74, 6) is 0.950. The van der Waals surface area contributed by atoms with Gasteiger partial charge in [-0.15, -0.1) is 0 Å². The number of aromatic nitrogens is 2. The van der Waals surface area contributed by atoms with E-state index in [0.717, 1.165) is 13.0 Å². The molecule has 0 aliphatic carbocycles. The number of hydrogen-bond acceptors (Lipinski definition) is 7. The molecular formula is C9H18N6O. The largest absolute Gasteiger partial charge is 0.476 e. The zero-order valence-corrected chi connectivity index (χ0v) is 9.58. The number of nitrogens with one attached hydrogen (secondary N) is 2. The van der Waals surface area contributed by atoms with E-state index in [-0.39, 0.29) is 5.95 Å². The molecule has 6 N–H and O–H groups in total. The van der Waals surface area contributed by atoms with E-state index in [2.05, 4.69) is 20.6 Å². The number of nitrogens with zero attached hydrogens (tertiary/aromatic N) is 2. The van der Waals surface area contributed by atoms with E-state index in [9.17, 15) is 0 Å². The average Bonchev–Trinajstić information content (AvgIpc) is 2.28. The van der Waals surface area contributed by atoms with Gasteiger partial charge in [-0.3, -0.25) is 0 Å². The minimum Gasteiger partial charge on any atom is -0.476 e. The predicted molar refractivity (Wildman–Crippen MR) is 64.4 cm³/mol. The third-order valence-corrected chi connectivity index (χ3v) is 1.97. The Morgan fingerprint density at radius 3 is 2.62 bits per heavy atom. The number of anilines is 3. The molecule has 0 amide bonds. The molecule has 1 heterocycles. The van der Waals surface area contributed by atoms with Crippen molar-refractivity contribution in [2.24, 2.45) is 0 Å². The maximum atomic E-state index is 5.79. The summed E-state index contributed by atoms with van der Waals surface area (Å²) in [7, 11) is 3.60. The second kappa shape index (κ2) is 5.96. The first kappa shape index (κ1) is 12.3. The minimum atomic E-state index is 0.141. The molecule has 1 rings (SSSR count). The van der Waals surface area contributed by atoms with Gasteiger partial charge >= 0.3 is 0 Å². The first-order valence-corrected chi connectivity index (χ1v) is 5.07. The molecule has 7 nitrogen and oxygen atoms in total. The Morgan fingerprint density at radius 1 is 1.25 bits per heavy atom. The summed E-state index contributed by atoms with van der Waals surface area (Å²) in [6.45, 7) is 1.41. The molecule has 1 aromatic heterocycles. The molecule has 0 radical (unpaired) electrons. The van der Waals surface area contributed by atoms with Crippen molar-refractivity contribution in [3.63, 3.8) is 0 Å². The van der Waals surface area contributed by atoms with E-state index < -0.39 is 0 Å². The average molecular weight is 226 g/mol. The number of ether oxygens (including phenoxy) is 1. The monoisotopic (exact) mass is 226 g/mol. The highest BCUT2D eigenvalue weighted by atomic mass is 16.5. The van der Waals surface area contributed by atoms with E-state index in [0.29, 0.717) is 24.0 Å². The molecule has 0 aliphatic heterocycles. The molecule has 0 atom stereocenters. The Morgan fingerprint density at radius 2 is 2.00 bits per heavy atom. The molecule has 0 bridgehead atoms. The van der Waals surface area contributed by atoms with Crippen LogP contribution in [0.15, 0.2) is 0 Å². The zero-order valence-electron chi connectivity index (χ0n) is 9.58. The summed E-state index contributed by atoms with van der Waals surface area (Å²) in [5, 5.41) is 5.85. The van der Waals surface area contributed by atoms with Crippen LogP contribution in [-0.4, -0.2) is 37.2 Å². The van der Waals surface area contributed by atoms with Crippen molar-refractivity contribution in [2.45, 2.75) is 6.42 Å². The van der Waals surface area contributed by atoms with Crippen molar-refractivity contribution in [1.29, 1.82) is 0 Å². The normalized spacial score (nSPS) is 10.1. The molecule has 0 saturated carbocycles. The van der Waals surface area contributed by atoms with Crippen LogP contribution in [-0.2, 0) is 0 Å². The quantitative estimate of drug-likeness (QED) is 0.491. The van der Waals surface area contributed by atoms with Gasteiger partial charge in [0, 0.05) is 7.05 Å². The lowest BCUT2D eigenvalue weighted by Crippen LogP contribution is -2.13. The maximum absolute atomic E-state index is 5.79. The second-order valence-electron chi connectivity index (χ2n) is 3.20. The van der Waals surface area contributed by atoms with Gasteiger partial charge in [0.1, 0.15) is 5.69 Å². The fraction of sp³-hybridized carbons (Fsp3) is 0.556. The topological polar surface area (TPSA) is 111 Å². The van der Waals surface area contributed by atoms with E-state index in [1.54, 1.807) is 7.05 Å². The smallest absolute Gasteiger partial charge is 0.244 e. The van der Waals surface area contributed by atoms with Crippen molar-refractivity contribution in [3.05, 3.63) is 0 Å². The van der Waals surface area contributed by atoms with Gasteiger partial charge in [0.2, 0.25) is 11.8 Å². The summed E-state index contributed by atoms with van der Waals surface area (Å²) in [6, 6.07) is 0. The lowest BCUT2D eigenvalue weighted by molar-refractivity contribution is 0.300. The van der Waals surface area contributed by atoms with Crippen LogP contribution < -0.4 is 26.8 Å². The summed E-state index contributed by atoms with van der Waals surface area (Å²) in [4.78, 5) is 7.87. The molecule has 0 aromatic carbocycles. The van der Waals surface area contributed by atoms with Crippen LogP contribution in [0.4, 0.5) is 17.5 Å². The molecule has 0 saturated heterocycles. The second-order valence-corrected chi connectivity index (χ2v) is 3.20. The van der Waals surface area contributed by atoms with Crippen LogP contribution in [0.25, 0.3) is 0 Å². The van der Waals surface area contributed by atoms with Crippen LogP contribution in [0, 0.1) is 0 Å². The molecule has 0 spiro atoms. The van der Waals surface area contributed by atoms with Crippen LogP contribution in [0.1, 0.15) is 6.42 Å². The molecule has 90 valence electrons. The number of nitrogen functional groups attached to an aromatic ring is 2. The highest BCUT2D eigenvalue weighted by Gasteiger charge is 2.10. The zero-order chi connectivity index (χ0) is 12.0. The van der Waals surface area contributed by atoms with Gasteiger partial charge in [-0.1, -0.05) is 0 Å². The van der Waals surface area contributed by atoms with Crippen LogP contribution in [0.5, 0.6) is 5.88 Å². The molecule has 1 aromatic rings. The first-order chi connectivity index (χ1) is 7.69. The molecular weight excluding hydrogens is 208 g/mol. The van der Waals surface area contributed by atoms with Gasteiger partial charge in [-0.05, 0) is 20.0 Å². The summed E-state index contributed by atoms with van der Waals surface area (Å²) in [5.41, 5.74) is 11.7. The van der Waals surface area contributed by atoms with Crippen molar-refractivity contribution in [2.75, 3.05) is 44.0 Å². The molecule has 7 heteroatoms. The Labute approximate surface area is 94.6 Å². The minimum absolute atomic E-state index is 0.141. The molecule has 0 aliphatic rings. The number of nitrogens with two attached hydrogens (primary N) is 2. The van der Waals surface area contributed by atoms with Crippen LogP contribution in [0.2, 0.25) is 0 Å². The first-order valence-electron chi connectivity index (χ1n) is 5.07. The van der Waals surface area contributed by atoms with Crippen molar-refractivity contribution in [1.82, 2.24) is 15.3 Å². The van der Waals surface area contributed by atoms with Gasteiger partial charge in [0.05, 0.1) is 6.61 Å². The van der Waals surface area contributed by atoms with Gasteiger partial charge in [0.15, 0.2) is 5.82 Å². The maximum Gasteiger partial charge on any atom is 0.244 e. The van der Waals surface area contributed by atoms with Crippen molar-refractivity contribution in [3.8, 4) is 5.88 Å². The molecule has 0 unspecified atom stereocenters. The number of hydrogen-bond donors (Lipinski definition) is 4. The summed E-state index contributed by atoms with van der Waals surface area (Å²) in [6.07, 6.45) is 0.870. The third-order valence-electron chi connectivity index (χ3n) is 1.97. The predicted octanol–water partition coefficient (Wildman–Crippen LogP) is -0.329. The standard InChI is InChI=1S/C9H18N6O/c1-12-4-3-5-16-8-6(10)7(13-2)14-9(11)15-8/h12H,3-5,10H2,1-2H3,(H3,11,13,14,15). The summed E-state index contributed by atoms with van der Waals surface area (Å²) < 4.78 is 5.43. The highest BCUT2D eigenvalue weighted by molar-refractivity contribution is 5.68. The fourth-order valence-electron chi connectivity index (χ4n) is 1.18. The van der Waals surface area contributed by atoms with Crippen molar-refractivity contribution >= 4 is 17.5 Å². The Hall–Kier alpha value is -1.76. The fourth-order valence-corrected chi connectivity index (χ4v) is 1.18. The highest BCUT2D eigenvalue weighted by Crippen LogP contribution is 2.26. The van der Waals surface area contributed by atoms with Crippen LogP contribution >= 0.6 is 0 Å². The summed E-state index contributed by atoms with van der Waals surface area (Å²) >= 11 is 0. The van der Waals surface area contributed by atoms with E-state index >= 15 is 0 Å². The molecule has 0 fully saturated rings. The van der Waals surface area contributed by atoms with Gasteiger partial charge in [-0.2, -0.15) is 9.97 Å². The van der Waals surface area contributed by atoms with Gasteiger partial charge in [0.25, 0.3) is 0 Å². The number of rotatable bonds is 6. The van der Waals surface area contributed by atoms with Crippen molar-refractivity contribution < 1.29 is 4.74 Å².